The second-order valence-corrected chi connectivity index (χ2v) is 5.10. The fourth-order valence-corrected chi connectivity index (χ4v) is 1.99. The Hall–Kier alpha value is -0.910. The Morgan fingerprint density at radius 3 is 2.95 bits per heavy atom. The Morgan fingerprint density at radius 1 is 1.58 bits per heavy atom. The number of ether oxygens (including phenoxy) is 1. The van der Waals surface area contributed by atoms with E-state index in [2.05, 4.69) is 24.3 Å². The summed E-state index contributed by atoms with van der Waals surface area (Å²) in [6.07, 6.45) is 2.78. The molecule has 1 heterocycles. The number of hydrogen-bond donors (Lipinski definition) is 1. The van der Waals surface area contributed by atoms with Crippen molar-refractivity contribution in [1.82, 2.24) is 15.1 Å². The summed E-state index contributed by atoms with van der Waals surface area (Å²) in [4.78, 5) is 12.1. The molecule has 0 aliphatic rings. The van der Waals surface area contributed by atoms with Crippen molar-refractivity contribution in [2.75, 3.05) is 20.3 Å². The van der Waals surface area contributed by atoms with E-state index in [-0.39, 0.29) is 5.78 Å². The lowest BCUT2D eigenvalue weighted by molar-refractivity contribution is 0.0966. The van der Waals surface area contributed by atoms with Gasteiger partial charge in [-0.1, -0.05) is 25.4 Å². The third-order valence-corrected chi connectivity index (χ3v) is 2.98. The molecule has 1 N–H and O–H groups in total. The largest absolute Gasteiger partial charge is 0.383 e. The third kappa shape index (κ3) is 5.30. The SMILES string of the molecule is COCCn1ncc(Cl)c1C(=O)CCCNC(C)C. The second-order valence-electron chi connectivity index (χ2n) is 4.69. The number of carbonyl (C=O) groups excluding carboxylic acids is 1. The summed E-state index contributed by atoms with van der Waals surface area (Å²) in [7, 11) is 1.62. The van der Waals surface area contributed by atoms with Crippen molar-refractivity contribution < 1.29 is 9.53 Å². The monoisotopic (exact) mass is 287 g/mol. The Labute approximate surface area is 119 Å². The summed E-state index contributed by atoms with van der Waals surface area (Å²) in [5.74, 6) is 0.0316. The second kappa shape index (κ2) is 8.30. The molecule has 0 unspecified atom stereocenters. The predicted molar refractivity (Wildman–Crippen MR) is 75.8 cm³/mol. The first-order chi connectivity index (χ1) is 9.06. The third-order valence-electron chi connectivity index (χ3n) is 2.70. The number of rotatable bonds is 9. The van der Waals surface area contributed by atoms with Gasteiger partial charge in [-0.2, -0.15) is 5.10 Å². The van der Waals surface area contributed by atoms with Crippen molar-refractivity contribution in [3.05, 3.63) is 16.9 Å². The molecule has 0 saturated carbocycles. The molecule has 0 radical (unpaired) electrons. The fourth-order valence-electron chi connectivity index (χ4n) is 1.75. The van der Waals surface area contributed by atoms with E-state index >= 15 is 0 Å². The molecule has 0 spiro atoms. The summed E-state index contributed by atoms with van der Waals surface area (Å²) in [5.41, 5.74) is 0.489. The lowest BCUT2D eigenvalue weighted by atomic mass is 10.1. The number of ketones is 1. The summed E-state index contributed by atoms with van der Waals surface area (Å²) in [6.45, 7) is 6.03. The zero-order valence-corrected chi connectivity index (χ0v) is 12.5. The maximum absolute atomic E-state index is 12.1. The molecule has 19 heavy (non-hydrogen) atoms. The van der Waals surface area contributed by atoms with E-state index in [4.69, 9.17) is 16.3 Å². The molecule has 0 fully saturated rings. The van der Waals surface area contributed by atoms with Crippen LogP contribution in [0.1, 0.15) is 37.2 Å². The van der Waals surface area contributed by atoms with Gasteiger partial charge < -0.3 is 10.1 Å². The highest BCUT2D eigenvalue weighted by Crippen LogP contribution is 2.17. The van der Waals surface area contributed by atoms with Crippen LogP contribution in [0.4, 0.5) is 0 Å². The van der Waals surface area contributed by atoms with Crippen LogP contribution in [-0.4, -0.2) is 41.9 Å². The molecule has 6 heteroatoms. The summed E-state index contributed by atoms with van der Waals surface area (Å²) < 4.78 is 6.60. The molecule has 1 rings (SSSR count). The summed E-state index contributed by atoms with van der Waals surface area (Å²) >= 11 is 6.02. The van der Waals surface area contributed by atoms with Gasteiger partial charge in [-0.15, -0.1) is 0 Å². The number of nitrogens with zero attached hydrogens (tertiary/aromatic N) is 2. The maximum atomic E-state index is 12.1. The molecule has 0 bridgehead atoms. The van der Waals surface area contributed by atoms with Gasteiger partial charge in [0.15, 0.2) is 5.78 Å². The lowest BCUT2D eigenvalue weighted by Crippen LogP contribution is -2.24. The lowest BCUT2D eigenvalue weighted by Gasteiger charge is -2.09. The Bertz CT molecular complexity index is 405. The van der Waals surface area contributed by atoms with Crippen LogP contribution < -0.4 is 5.32 Å². The van der Waals surface area contributed by atoms with Gasteiger partial charge in [-0.25, -0.2) is 0 Å². The van der Waals surface area contributed by atoms with Crippen LogP contribution in [0.25, 0.3) is 0 Å². The van der Waals surface area contributed by atoms with Gasteiger partial charge in [0, 0.05) is 19.6 Å². The predicted octanol–water partition coefficient (Wildman–Crippen LogP) is 2.14. The van der Waals surface area contributed by atoms with E-state index in [1.54, 1.807) is 11.8 Å². The van der Waals surface area contributed by atoms with E-state index < -0.39 is 0 Å². The number of Topliss-reactive ketones (excluding diaryl/α,β-unsaturated/α-hetero) is 1. The van der Waals surface area contributed by atoms with Crippen LogP contribution in [0.15, 0.2) is 6.20 Å². The molecule has 1 aromatic rings. The topological polar surface area (TPSA) is 56.2 Å². The van der Waals surface area contributed by atoms with Crippen molar-refractivity contribution in [2.45, 2.75) is 39.3 Å². The number of methoxy groups -OCH3 is 1. The molecular formula is C13H22ClN3O2. The molecule has 0 aliphatic carbocycles. The van der Waals surface area contributed by atoms with Crippen LogP contribution in [-0.2, 0) is 11.3 Å². The van der Waals surface area contributed by atoms with Gasteiger partial charge >= 0.3 is 0 Å². The quantitative estimate of drug-likeness (QED) is 0.558. The van der Waals surface area contributed by atoms with Gasteiger partial charge in [-0.3, -0.25) is 9.48 Å². The highest BCUT2D eigenvalue weighted by molar-refractivity contribution is 6.33. The standard InChI is InChI=1S/C13H22ClN3O2/c1-10(2)15-6-4-5-12(18)13-11(14)9-16-17(13)7-8-19-3/h9-10,15H,4-8H2,1-3H3. The first kappa shape index (κ1) is 16.1. The van der Waals surface area contributed by atoms with Crippen LogP contribution in [0.5, 0.6) is 0 Å². The fraction of sp³-hybridized carbons (Fsp3) is 0.692. The van der Waals surface area contributed by atoms with Gasteiger partial charge in [0.05, 0.1) is 24.4 Å². The molecule has 0 aliphatic heterocycles. The highest BCUT2D eigenvalue weighted by Gasteiger charge is 2.16. The van der Waals surface area contributed by atoms with E-state index in [1.165, 1.54) is 6.20 Å². The van der Waals surface area contributed by atoms with Crippen molar-refractivity contribution in [3.63, 3.8) is 0 Å². The van der Waals surface area contributed by atoms with Crippen LogP contribution in [0.3, 0.4) is 0 Å². The zero-order valence-electron chi connectivity index (χ0n) is 11.8. The molecule has 1 aromatic heterocycles. The Balaban J connectivity index is 2.53. The van der Waals surface area contributed by atoms with Crippen LogP contribution in [0.2, 0.25) is 5.02 Å². The molecule has 0 aromatic carbocycles. The summed E-state index contributed by atoms with van der Waals surface area (Å²) in [5, 5.41) is 7.80. The van der Waals surface area contributed by atoms with Crippen LogP contribution in [0, 0.1) is 0 Å². The molecule has 0 amide bonds. The zero-order chi connectivity index (χ0) is 14.3. The number of carbonyl (C=O) groups is 1. The smallest absolute Gasteiger partial charge is 0.182 e. The average Bonchev–Trinajstić information content (AvgIpc) is 2.73. The first-order valence-corrected chi connectivity index (χ1v) is 6.91. The van der Waals surface area contributed by atoms with E-state index in [0.29, 0.717) is 36.3 Å². The highest BCUT2D eigenvalue weighted by atomic mass is 35.5. The number of halogens is 1. The molecule has 5 nitrogen and oxygen atoms in total. The molecule has 0 saturated heterocycles. The molecule has 0 atom stereocenters. The van der Waals surface area contributed by atoms with Crippen molar-refractivity contribution in [2.24, 2.45) is 0 Å². The minimum absolute atomic E-state index is 0.0316. The average molecular weight is 288 g/mol. The number of hydrogen-bond acceptors (Lipinski definition) is 4. The number of aromatic nitrogens is 2. The Morgan fingerprint density at radius 2 is 2.32 bits per heavy atom. The maximum Gasteiger partial charge on any atom is 0.182 e. The van der Waals surface area contributed by atoms with E-state index in [9.17, 15) is 4.79 Å². The molecule has 108 valence electrons. The van der Waals surface area contributed by atoms with Gasteiger partial charge in [0.2, 0.25) is 0 Å². The van der Waals surface area contributed by atoms with Crippen molar-refractivity contribution in [1.29, 1.82) is 0 Å². The van der Waals surface area contributed by atoms with Gasteiger partial charge in [0.25, 0.3) is 0 Å². The molecular weight excluding hydrogens is 266 g/mol. The van der Waals surface area contributed by atoms with Gasteiger partial charge in [-0.05, 0) is 13.0 Å². The Kier molecular flexibility index (Phi) is 7.05. The minimum Gasteiger partial charge on any atom is -0.383 e. The van der Waals surface area contributed by atoms with Crippen LogP contribution >= 0.6 is 11.6 Å². The first-order valence-electron chi connectivity index (χ1n) is 6.53. The van der Waals surface area contributed by atoms with E-state index in [1.807, 2.05) is 0 Å². The van der Waals surface area contributed by atoms with E-state index in [0.717, 1.165) is 13.0 Å². The van der Waals surface area contributed by atoms with Crippen molar-refractivity contribution in [3.8, 4) is 0 Å². The van der Waals surface area contributed by atoms with Crippen molar-refractivity contribution >= 4 is 17.4 Å². The normalized spacial score (nSPS) is 11.2. The van der Waals surface area contributed by atoms with Gasteiger partial charge in [0.1, 0.15) is 5.69 Å². The summed E-state index contributed by atoms with van der Waals surface area (Å²) in [6, 6.07) is 0.436. The number of nitrogens with one attached hydrogen (secondary N) is 1. The minimum atomic E-state index is 0.0316.